The Labute approximate surface area is 97.7 Å². The molecule has 2 N–H and O–H groups in total. The van der Waals surface area contributed by atoms with Gasteiger partial charge in [-0.05, 0) is 37.2 Å². The number of hydrogen-bond acceptors (Lipinski definition) is 2. The number of carbonyl (C=O) groups excluding carboxylic acids is 1. The van der Waals surface area contributed by atoms with Gasteiger partial charge in [-0.3, -0.25) is 4.79 Å². The van der Waals surface area contributed by atoms with Crippen LogP contribution in [0.15, 0.2) is 11.1 Å². The summed E-state index contributed by atoms with van der Waals surface area (Å²) >= 11 is 0. The highest BCUT2D eigenvalue weighted by molar-refractivity contribution is 5.93. The van der Waals surface area contributed by atoms with Crippen LogP contribution in [0.25, 0.3) is 0 Å². The minimum absolute atomic E-state index is 0.135. The third-order valence-electron chi connectivity index (χ3n) is 3.90. The fourth-order valence-electron chi connectivity index (χ4n) is 2.56. The zero-order valence-electron chi connectivity index (χ0n) is 10.3. The predicted octanol–water partition coefficient (Wildman–Crippen LogP) is 1.46. The van der Waals surface area contributed by atoms with Gasteiger partial charge >= 0.3 is 0 Å². The number of hydrogen-bond donors (Lipinski definition) is 2. The van der Waals surface area contributed by atoms with Crippen LogP contribution in [-0.2, 0) is 4.79 Å². The lowest BCUT2D eigenvalue weighted by Crippen LogP contribution is -2.38. The number of rotatable bonds is 3. The molecule has 0 aromatic heterocycles. The van der Waals surface area contributed by atoms with Gasteiger partial charge in [-0.15, -0.1) is 0 Å². The summed E-state index contributed by atoms with van der Waals surface area (Å²) in [4.78, 5) is 11.8. The van der Waals surface area contributed by atoms with Crippen molar-refractivity contribution in [1.82, 2.24) is 10.6 Å². The second-order valence-electron chi connectivity index (χ2n) is 5.33. The van der Waals surface area contributed by atoms with Crippen LogP contribution < -0.4 is 10.6 Å². The monoisotopic (exact) mass is 222 g/mol. The Bertz CT molecular complexity index is 303. The first-order valence-corrected chi connectivity index (χ1v) is 6.34. The SMILES string of the molecule is CC(C(=O)NCC1CCC(C)C1)=C1CNC1. The van der Waals surface area contributed by atoms with E-state index in [2.05, 4.69) is 17.6 Å². The van der Waals surface area contributed by atoms with E-state index in [1.807, 2.05) is 6.92 Å². The zero-order chi connectivity index (χ0) is 11.5. The maximum Gasteiger partial charge on any atom is 0.246 e. The standard InChI is InChI=1S/C13H22N2O/c1-9-3-4-11(5-9)6-15-13(16)10(2)12-7-14-8-12/h9,11,14H,3-8H2,1-2H3,(H,15,16). The van der Waals surface area contributed by atoms with Crippen LogP contribution in [0.1, 0.15) is 33.1 Å². The predicted molar refractivity (Wildman–Crippen MR) is 65.1 cm³/mol. The van der Waals surface area contributed by atoms with Crippen LogP contribution in [-0.4, -0.2) is 25.5 Å². The van der Waals surface area contributed by atoms with Crippen molar-refractivity contribution >= 4 is 5.91 Å². The average molecular weight is 222 g/mol. The van der Waals surface area contributed by atoms with E-state index < -0.39 is 0 Å². The van der Waals surface area contributed by atoms with E-state index in [-0.39, 0.29) is 5.91 Å². The maximum absolute atomic E-state index is 11.8. The molecule has 0 spiro atoms. The molecule has 1 saturated heterocycles. The first-order chi connectivity index (χ1) is 7.66. The van der Waals surface area contributed by atoms with Crippen LogP contribution in [0.2, 0.25) is 0 Å². The Balaban J connectivity index is 1.75. The molecule has 1 saturated carbocycles. The zero-order valence-corrected chi connectivity index (χ0v) is 10.3. The topological polar surface area (TPSA) is 41.1 Å². The lowest BCUT2D eigenvalue weighted by Gasteiger charge is -2.22. The Morgan fingerprint density at radius 2 is 2.19 bits per heavy atom. The van der Waals surface area contributed by atoms with Gasteiger partial charge in [-0.25, -0.2) is 0 Å². The van der Waals surface area contributed by atoms with E-state index >= 15 is 0 Å². The van der Waals surface area contributed by atoms with Crippen LogP contribution in [0.5, 0.6) is 0 Å². The molecule has 0 radical (unpaired) electrons. The lowest BCUT2D eigenvalue weighted by molar-refractivity contribution is -0.117. The third-order valence-corrected chi connectivity index (χ3v) is 3.90. The molecule has 1 aliphatic carbocycles. The van der Waals surface area contributed by atoms with Crippen molar-refractivity contribution in [1.29, 1.82) is 0 Å². The second-order valence-corrected chi connectivity index (χ2v) is 5.33. The summed E-state index contributed by atoms with van der Waals surface area (Å²) in [5.74, 6) is 1.68. The van der Waals surface area contributed by atoms with E-state index in [0.717, 1.165) is 31.1 Å². The van der Waals surface area contributed by atoms with E-state index in [1.165, 1.54) is 24.8 Å². The summed E-state index contributed by atoms with van der Waals surface area (Å²) in [5.41, 5.74) is 2.18. The second kappa shape index (κ2) is 5.00. The molecule has 2 fully saturated rings. The molecule has 3 heteroatoms. The molecule has 16 heavy (non-hydrogen) atoms. The van der Waals surface area contributed by atoms with Gasteiger partial charge in [0.15, 0.2) is 0 Å². The minimum atomic E-state index is 0.135. The van der Waals surface area contributed by atoms with Crippen LogP contribution >= 0.6 is 0 Å². The molecule has 2 atom stereocenters. The highest BCUT2D eigenvalue weighted by Gasteiger charge is 2.22. The fourth-order valence-corrected chi connectivity index (χ4v) is 2.56. The normalized spacial score (nSPS) is 28.8. The van der Waals surface area contributed by atoms with Gasteiger partial charge in [-0.2, -0.15) is 0 Å². The molecule has 1 amide bonds. The molecule has 90 valence electrons. The Morgan fingerprint density at radius 3 is 2.69 bits per heavy atom. The molecule has 0 aromatic carbocycles. The molecule has 1 heterocycles. The number of nitrogens with one attached hydrogen (secondary N) is 2. The van der Waals surface area contributed by atoms with Crippen molar-refractivity contribution < 1.29 is 4.79 Å². The molecular weight excluding hydrogens is 200 g/mol. The Kier molecular flexibility index (Phi) is 3.64. The average Bonchev–Trinajstić information content (AvgIpc) is 2.58. The Hall–Kier alpha value is -0.830. The molecule has 2 aliphatic rings. The summed E-state index contributed by atoms with van der Waals surface area (Å²) in [7, 11) is 0. The lowest BCUT2D eigenvalue weighted by atomic mass is 10.0. The molecule has 1 aliphatic heterocycles. The summed E-state index contributed by atoms with van der Waals surface area (Å²) in [5, 5.41) is 6.23. The number of carbonyl (C=O) groups is 1. The van der Waals surface area contributed by atoms with Gasteiger partial charge in [0.1, 0.15) is 0 Å². The highest BCUT2D eigenvalue weighted by atomic mass is 16.1. The van der Waals surface area contributed by atoms with E-state index in [1.54, 1.807) is 0 Å². The first-order valence-electron chi connectivity index (χ1n) is 6.34. The van der Waals surface area contributed by atoms with Crippen molar-refractivity contribution in [2.24, 2.45) is 11.8 Å². The third kappa shape index (κ3) is 2.64. The van der Waals surface area contributed by atoms with Gasteiger partial charge in [0.25, 0.3) is 0 Å². The van der Waals surface area contributed by atoms with Gasteiger partial charge in [0.2, 0.25) is 5.91 Å². The summed E-state index contributed by atoms with van der Waals surface area (Å²) in [6, 6.07) is 0. The first kappa shape index (κ1) is 11.6. The number of amides is 1. The van der Waals surface area contributed by atoms with E-state index in [4.69, 9.17) is 0 Å². The largest absolute Gasteiger partial charge is 0.352 e. The van der Waals surface area contributed by atoms with Gasteiger partial charge in [0, 0.05) is 25.2 Å². The Morgan fingerprint density at radius 1 is 1.44 bits per heavy atom. The molecule has 3 nitrogen and oxygen atoms in total. The van der Waals surface area contributed by atoms with Crippen molar-refractivity contribution in [3.8, 4) is 0 Å². The van der Waals surface area contributed by atoms with Gasteiger partial charge in [-0.1, -0.05) is 13.3 Å². The van der Waals surface area contributed by atoms with Gasteiger partial charge < -0.3 is 10.6 Å². The minimum Gasteiger partial charge on any atom is -0.352 e. The van der Waals surface area contributed by atoms with Crippen molar-refractivity contribution in [2.75, 3.05) is 19.6 Å². The molecular formula is C13H22N2O. The van der Waals surface area contributed by atoms with Crippen molar-refractivity contribution in [2.45, 2.75) is 33.1 Å². The fraction of sp³-hybridized carbons (Fsp3) is 0.769. The summed E-state index contributed by atoms with van der Waals surface area (Å²) in [6.07, 6.45) is 3.88. The van der Waals surface area contributed by atoms with E-state index in [0.29, 0.717) is 5.92 Å². The quantitative estimate of drug-likeness (QED) is 0.710. The maximum atomic E-state index is 11.8. The highest BCUT2D eigenvalue weighted by Crippen LogP contribution is 2.29. The molecule has 0 bridgehead atoms. The summed E-state index contributed by atoms with van der Waals surface area (Å²) < 4.78 is 0. The van der Waals surface area contributed by atoms with Crippen LogP contribution in [0.4, 0.5) is 0 Å². The van der Waals surface area contributed by atoms with Gasteiger partial charge in [0.05, 0.1) is 0 Å². The smallest absolute Gasteiger partial charge is 0.246 e. The van der Waals surface area contributed by atoms with Crippen LogP contribution in [0.3, 0.4) is 0 Å². The molecule has 2 unspecified atom stereocenters. The summed E-state index contributed by atoms with van der Waals surface area (Å²) in [6.45, 7) is 6.87. The van der Waals surface area contributed by atoms with E-state index in [9.17, 15) is 4.79 Å². The molecule has 2 rings (SSSR count). The van der Waals surface area contributed by atoms with Crippen molar-refractivity contribution in [3.63, 3.8) is 0 Å². The van der Waals surface area contributed by atoms with Crippen LogP contribution in [0, 0.1) is 11.8 Å². The van der Waals surface area contributed by atoms with Crippen molar-refractivity contribution in [3.05, 3.63) is 11.1 Å². The molecule has 0 aromatic rings.